The maximum absolute atomic E-state index is 10.8. The van der Waals surface area contributed by atoms with Gasteiger partial charge in [-0.15, -0.1) is 0 Å². The number of ether oxygens (including phenoxy) is 1. The number of pyridine rings is 1. The second kappa shape index (κ2) is 5.98. The Bertz CT molecular complexity index is 328. The smallest absolute Gasteiger partial charge is 0.337 e. The Labute approximate surface area is 88.1 Å². The largest absolute Gasteiger partial charge is 0.478 e. The Hall–Kier alpha value is -1.62. The molecule has 0 aliphatic rings. The summed E-state index contributed by atoms with van der Waals surface area (Å²) in [4.78, 5) is 14.7. The number of rotatable bonds is 6. The normalized spacial score (nSPS) is 9.93. The van der Waals surface area contributed by atoms with Crippen LogP contribution >= 0.6 is 0 Å². The molecule has 0 radical (unpaired) electrons. The molecule has 0 aromatic carbocycles. The molecule has 1 aromatic heterocycles. The quantitative estimate of drug-likeness (QED) is 0.691. The van der Waals surface area contributed by atoms with E-state index in [0.717, 1.165) is 0 Å². The molecular formula is C10H14N2O3. The SMILES string of the molecule is CCOCCNc1cnccc1C(=O)O. The fraction of sp³-hybridized carbons (Fsp3) is 0.400. The van der Waals surface area contributed by atoms with Crippen LogP contribution in [0.3, 0.4) is 0 Å². The molecule has 1 aromatic rings. The summed E-state index contributed by atoms with van der Waals surface area (Å²) >= 11 is 0. The molecule has 0 unspecified atom stereocenters. The lowest BCUT2D eigenvalue weighted by Gasteiger charge is -2.08. The topological polar surface area (TPSA) is 71.5 Å². The Kier molecular flexibility index (Phi) is 4.56. The van der Waals surface area contributed by atoms with Gasteiger partial charge >= 0.3 is 5.97 Å². The average Bonchev–Trinajstić information content (AvgIpc) is 2.25. The van der Waals surface area contributed by atoms with Gasteiger partial charge in [-0.2, -0.15) is 0 Å². The second-order valence-corrected chi connectivity index (χ2v) is 2.85. The lowest BCUT2D eigenvalue weighted by Crippen LogP contribution is -2.12. The lowest BCUT2D eigenvalue weighted by molar-refractivity contribution is 0.0697. The zero-order chi connectivity index (χ0) is 11.1. The fourth-order valence-corrected chi connectivity index (χ4v) is 1.12. The summed E-state index contributed by atoms with van der Waals surface area (Å²) in [5.41, 5.74) is 0.742. The molecule has 1 heterocycles. The van der Waals surface area contributed by atoms with E-state index in [4.69, 9.17) is 9.84 Å². The van der Waals surface area contributed by atoms with Gasteiger partial charge in [0.05, 0.1) is 24.1 Å². The van der Waals surface area contributed by atoms with Crippen molar-refractivity contribution in [3.8, 4) is 0 Å². The summed E-state index contributed by atoms with van der Waals surface area (Å²) in [6.45, 7) is 3.68. The highest BCUT2D eigenvalue weighted by molar-refractivity contribution is 5.93. The summed E-state index contributed by atoms with van der Waals surface area (Å²) in [6.07, 6.45) is 2.95. The van der Waals surface area contributed by atoms with E-state index in [-0.39, 0.29) is 5.56 Å². The molecule has 0 bridgehead atoms. The van der Waals surface area contributed by atoms with Gasteiger partial charge in [0.25, 0.3) is 0 Å². The van der Waals surface area contributed by atoms with Gasteiger partial charge in [-0.05, 0) is 13.0 Å². The number of carboxylic acids is 1. The van der Waals surface area contributed by atoms with Crippen LogP contribution in [-0.2, 0) is 4.74 Å². The zero-order valence-corrected chi connectivity index (χ0v) is 8.56. The standard InChI is InChI=1S/C10H14N2O3/c1-2-15-6-5-12-9-7-11-4-3-8(9)10(13)14/h3-4,7,12H,2,5-6H2,1H3,(H,13,14). The molecule has 0 saturated heterocycles. The van der Waals surface area contributed by atoms with Gasteiger partial charge in [0, 0.05) is 19.3 Å². The van der Waals surface area contributed by atoms with Crippen LogP contribution in [0.15, 0.2) is 18.5 Å². The summed E-state index contributed by atoms with van der Waals surface area (Å²) in [7, 11) is 0. The summed E-state index contributed by atoms with van der Waals surface area (Å²) in [5, 5.41) is 11.8. The van der Waals surface area contributed by atoms with Crippen molar-refractivity contribution in [2.75, 3.05) is 25.1 Å². The molecule has 5 nitrogen and oxygen atoms in total. The maximum atomic E-state index is 10.8. The molecule has 5 heteroatoms. The highest BCUT2D eigenvalue weighted by Gasteiger charge is 2.08. The van der Waals surface area contributed by atoms with Gasteiger partial charge in [0.2, 0.25) is 0 Å². The molecule has 0 saturated carbocycles. The van der Waals surface area contributed by atoms with Crippen molar-refractivity contribution in [3.63, 3.8) is 0 Å². The predicted molar refractivity (Wildman–Crippen MR) is 56.2 cm³/mol. The van der Waals surface area contributed by atoms with E-state index in [1.165, 1.54) is 18.5 Å². The molecule has 2 N–H and O–H groups in total. The first-order valence-corrected chi connectivity index (χ1v) is 4.74. The van der Waals surface area contributed by atoms with E-state index < -0.39 is 5.97 Å². The van der Waals surface area contributed by atoms with E-state index in [9.17, 15) is 4.79 Å². The van der Waals surface area contributed by atoms with Crippen molar-refractivity contribution in [3.05, 3.63) is 24.0 Å². The molecule has 82 valence electrons. The predicted octanol–water partition coefficient (Wildman–Crippen LogP) is 1.23. The van der Waals surface area contributed by atoms with Crippen LogP contribution in [0.25, 0.3) is 0 Å². The Morgan fingerprint density at radius 2 is 2.47 bits per heavy atom. The molecular weight excluding hydrogens is 196 g/mol. The number of carboxylic acid groups (broad SMARTS) is 1. The summed E-state index contributed by atoms with van der Waals surface area (Å²) < 4.78 is 5.13. The lowest BCUT2D eigenvalue weighted by atomic mass is 10.2. The maximum Gasteiger partial charge on any atom is 0.337 e. The monoisotopic (exact) mass is 210 g/mol. The fourth-order valence-electron chi connectivity index (χ4n) is 1.12. The number of carbonyl (C=O) groups is 1. The number of aromatic nitrogens is 1. The van der Waals surface area contributed by atoms with Crippen molar-refractivity contribution < 1.29 is 14.6 Å². The van der Waals surface area contributed by atoms with Gasteiger partial charge in [0.15, 0.2) is 0 Å². The third-order valence-electron chi connectivity index (χ3n) is 1.82. The molecule has 0 fully saturated rings. The molecule has 0 aliphatic heterocycles. The first kappa shape index (κ1) is 11.5. The highest BCUT2D eigenvalue weighted by atomic mass is 16.5. The minimum atomic E-state index is -0.962. The number of aromatic carboxylic acids is 1. The molecule has 0 aliphatic carbocycles. The van der Waals surface area contributed by atoms with Crippen molar-refractivity contribution >= 4 is 11.7 Å². The van der Waals surface area contributed by atoms with Gasteiger partial charge < -0.3 is 15.2 Å². The molecule has 0 amide bonds. The molecule has 0 spiro atoms. The van der Waals surface area contributed by atoms with Crippen LogP contribution < -0.4 is 5.32 Å². The van der Waals surface area contributed by atoms with E-state index in [1.54, 1.807) is 0 Å². The highest BCUT2D eigenvalue weighted by Crippen LogP contribution is 2.12. The minimum absolute atomic E-state index is 0.224. The molecule has 0 atom stereocenters. The molecule has 1 rings (SSSR count). The van der Waals surface area contributed by atoms with Crippen molar-refractivity contribution in [2.45, 2.75) is 6.92 Å². The third kappa shape index (κ3) is 3.55. The number of nitrogens with zero attached hydrogens (tertiary/aromatic N) is 1. The van der Waals surface area contributed by atoms with E-state index >= 15 is 0 Å². The molecule has 15 heavy (non-hydrogen) atoms. The van der Waals surface area contributed by atoms with Crippen LogP contribution in [0.1, 0.15) is 17.3 Å². The second-order valence-electron chi connectivity index (χ2n) is 2.85. The first-order valence-electron chi connectivity index (χ1n) is 4.74. The van der Waals surface area contributed by atoms with Gasteiger partial charge in [-0.1, -0.05) is 0 Å². The van der Waals surface area contributed by atoms with E-state index in [0.29, 0.717) is 25.4 Å². The Balaban J connectivity index is 2.56. The van der Waals surface area contributed by atoms with Crippen LogP contribution in [0.2, 0.25) is 0 Å². The van der Waals surface area contributed by atoms with Gasteiger partial charge in [0.1, 0.15) is 0 Å². The Morgan fingerprint density at radius 3 is 3.13 bits per heavy atom. The van der Waals surface area contributed by atoms with Crippen LogP contribution in [0.5, 0.6) is 0 Å². The third-order valence-corrected chi connectivity index (χ3v) is 1.82. The van der Waals surface area contributed by atoms with Crippen molar-refractivity contribution in [1.82, 2.24) is 4.98 Å². The summed E-state index contributed by atoms with van der Waals surface area (Å²) in [6, 6.07) is 1.46. The van der Waals surface area contributed by atoms with E-state index in [1.807, 2.05) is 6.92 Å². The van der Waals surface area contributed by atoms with Crippen LogP contribution in [0, 0.1) is 0 Å². The van der Waals surface area contributed by atoms with Gasteiger partial charge in [-0.3, -0.25) is 4.98 Å². The van der Waals surface area contributed by atoms with Crippen molar-refractivity contribution in [2.24, 2.45) is 0 Å². The number of nitrogens with one attached hydrogen (secondary N) is 1. The minimum Gasteiger partial charge on any atom is -0.478 e. The number of hydrogen-bond acceptors (Lipinski definition) is 4. The zero-order valence-electron chi connectivity index (χ0n) is 8.56. The van der Waals surface area contributed by atoms with E-state index in [2.05, 4.69) is 10.3 Å². The average molecular weight is 210 g/mol. The first-order chi connectivity index (χ1) is 7.25. The Morgan fingerprint density at radius 1 is 1.67 bits per heavy atom. The van der Waals surface area contributed by atoms with Gasteiger partial charge in [-0.25, -0.2) is 4.79 Å². The summed E-state index contributed by atoms with van der Waals surface area (Å²) in [5.74, 6) is -0.962. The number of hydrogen-bond donors (Lipinski definition) is 2. The van der Waals surface area contributed by atoms with Crippen LogP contribution in [0.4, 0.5) is 5.69 Å². The van der Waals surface area contributed by atoms with Crippen LogP contribution in [-0.4, -0.2) is 35.8 Å². The number of anilines is 1. The van der Waals surface area contributed by atoms with Crippen molar-refractivity contribution in [1.29, 1.82) is 0 Å².